The van der Waals surface area contributed by atoms with E-state index >= 15 is 0 Å². The number of hydrogen-bond donors (Lipinski definition) is 0. The summed E-state index contributed by atoms with van der Waals surface area (Å²) in [6, 6.07) is 8.19. The highest BCUT2D eigenvalue weighted by atomic mass is 13.9. The number of hydrogen-bond acceptors (Lipinski definition) is 0. The third kappa shape index (κ3) is 1.20. The van der Waals surface area contributed by atoms with Crippen molar-refractivity contribution in [1.29, 1.82) is 0 Å². The summed E-state index contributed by atoms with van der Waals surface area (Å²) in [6.45, 7) is 5.77. The van der Waals surface area contributed by atoms with Crippen molar-refractivity contribution in [3.63, 3.8) is 0 Å². The Morgan fingerprint density at radius 1 is 1.44 bits per heavy atom. The first-order chi connectivity index (χ1) is 4.34. The van der Waals surface area contributed by atoms with Crippen molar-refractivity contribution in [2.75, 3.05) is 0 Å². The van der Waals surface area contributed by atoms with Gasteiger partial charge in [0.15, 0.2) is 0 Å². The molecule has 0 unspecified atom stereocenters. The van der Waals surface area contributed by atoms with Crippen LogP contribution in [0.3, 0.4) is 0 Å². The topological polar surface area (TPSA) is 0 Å². The van der Waals surface area contributed by atoms with Crippen LogP contribution in [0.15, 0.2) is 30.8 Å². The van der Waals surface area contributed by atoms with Crippen LogP contribution in [-0.4, -0.2) is 0 Å². The van der Waals surface area contributed by atoms with Gasteiger partial charge in [-0.2, -0.15) is 0 Å². The molecule has 0 saturated heterocycles. The third-order valence-electron chi connectivity index (χ3n) is 1.41. The SMILES string of the molecule is C=Cc1ccccc1C.[HH]. The molecule has 0 bridgehead atoms. The maximum Gasteiger partial charge on any atom is 0 e. The summed E-state index contributed by atoms with van der Waals surface area (Å²) in [4.78, 5) is 0. The van der Waals surface area contributed by atoms with Gasteiger partial charge in [0, 0.05) is 1.43 Å². The molecule has 0 amide bonds. The second kappa shape index (κ2) is 2.49. The van der Waals surface area contributed by atoms with Gasteiger partial charge >= 0.3 is 0 Å². The van der Waals surface area contributed by atoms with E-state index in [1.807, 2.05) is 18.2 Å². The molecular formula is C9H12. The van der Waals surface area contributed by atoms with Gasteiger partial charge in [0.25, 0.3) is 0 Å². The molecule has 0 aliphatic heterocycles. The van der Waals surface area contributed by atoms with Gasteiger partial charge in [-0.25, -0.2) is 0 Å². The Labute approximate surface area is 57.3 Å². The van der Waals surface area contributed by atoms with Crippen LogP contribution in [0.25, 0.3) is 6.08 Å². The first-order valence-corrected chi connectivity index (χ1v) is 3.02. The summed E-state index contributed by atoms with van der Waals surface area (Å²) >= 11 is 0. The van der Waals surface area contributed by atoms with E-state index < -0.39 is 0 Å². The van der Waals surface area contributed by atoms with Gasteiger partial charge in [-0.3, -0.25) is 0 Å². The lowest BCUT2D eigenvalue weighted by Crippen LogP contribution is -1.75. The Hall–Kier alpha value is -1.04. The molecule has 1 aromatic rings. The molecule has 0 aromatic heterocycles. The molecular weight excluding hydrogens is 108 g/mol. The highest BCUT2D eigenvalue weighted by molar-refractivity contribution is 5.50. The van der Waals surface area contributed by atoms with Crippen LogP contribution in [0.5, 0.6) is 0 Å². The normalized spacial score (nSPS) is 9.00. The van der Waals surface area contributed by atoms with E-state index in [0.29, 0.717) is 0 Å². The molecule has 1 rings (SSSR count). The standard InChI is InChI=1S/C9H10.H2/c1-3-9-7-5-4-6-8(9)2;/h3-7H,1H2,2H3;1H. The second-order valence-corrected chi connectivity index (χ2v) is 2.06. The Bertz CT molecular complexity index is 216. The minimum Gasteiger partial charge on any atom is -0.0985 e. The zero-order chi connectivity index (χ0) is 6.69. The van der Waals surface area contributed by atoms with Gasteiger partial charge < -0.3 is 0 Å². The molecule has 0 heteroatoms. The molecule has 0 atom stereocenters. The van der Waals surface area contributed by atoms with Gasteiger partial charge in [0.1, 0.15) is 0 Å². The minimum absolute atomic E-state index is 0. The monoisotopic (exact) mass is 120 g/mol. The smallest absolute Gasteiger partial charge is 0 e. The van der Waals surface area contributed by atoms with Crippen LogP contribution in [0.2, 0.25) is 0 Å². The van der Waals surface area contributed by atoms with E-state index in [2.05, 4.69) is 25.6 Å². The summed E-state index contributed by atoms with van der Waals surface area (Å²) < 4.78 is 0. The molecule has 1 aromatic carbocycles. The second-order valence-electron chi connectivity index (χ2n) is 2.06. The van der Waals surface area contributed by atoms with Crippen LogP contribution in [0, 0.1) is 6.92 Å². The lowest BCUT2D eigenvalue weighted by atomic mass is 10.1. The zero-order valence-corrected chi connectivity index (χ0v) is 5.59. The summed E-state index contributed by atoms with van der Waals surface area (Å²) in [5.41, 5.74) is 2.50. The van der Waals surface area contributed by atoms with Crippen molar-refractivity contribution in [2.45, 2.75) is 6.92 Å². The Morgan fingerprint density at radius 3 is 2.56 bits per heavy atom. The molecule has 0 radical (unpaired) electrons. The quantitative estimate of drug-likeness (QED) is 0.534. The third-order valence-corrected chi connectivity index (χ3v) is 1.41. The predicted molar refractivity (Wildman–Crippen MR) is 43.4 cm³/mol. The van der Waals surface area contributed by atoms with Gasteiger partial charge in [-0.1, -0.05) is 36.9 Å². The highest BCUT2D eigenvalue weighted by Gasteiger charge is 1.86. The fourth-order valence-corrected chi connectivity index (χ4v) is 0.816. The van der Waals surface area contributed by atoms with Gasteiger partial charge in [0.2, 0.25) is 0 Å². The van der Waals surface area contributed by atoms with Gasteiger partial charge in [-0.05, 0) is 18.1 Å². The Balaban J connectivity index is 0.000000810. The summed E-state index contributed by atoms with van der Waals surface area (Å²) in [7, 11) is 0. The highest BCUT2D eigenvalue weighted by Crippen LogP contribution is 2.06. The average Bonchev–Trinajstić information content (AvgIpc) is 1.89. The molecule has 0 aliphatic carbocycles. The van der Waals surface area contributed by atoms with Crippen molar-refractivity contribution < 1.29 is 1.43 Å². The minimum atomic E-state index is 0. The molecule has 0 N–H and O–H groups in total. The van der Waals surface area contributed by atoms with Crippen LogP contribution in [0.1, 0.15) is 12.6 Å². The average molecular weight is 120 g/mol. The van der Waals surface area contributed by atoms with Crippen molar-refractivity contribution in [3.05, 3.63) is 42.0 Å². The van der Waals surface area contributed by atoms with Crippen molar-refractivity contribution >= 4 is 6.08 Å². The molecule has 0 nitrogen and oxygen atoms in total. The van der Waals surface area contributed by atoms with E-state index in [1.54, 1.807) is 0 Å². The maximum atomic E-state index is 3.69. The van der Waals surface area contributed by atoms with Crippen LogP contribution < -0.4 is 0 Å². The summed E-state index contributed by atoms with van der Waals surface area (Å²) in [5.74, 6) is 0. The van der Waals surface area contributed by atoms with Crippen LogP contribution in [0.4, 0.5) is 0 Å². The predicted octanol–water partition coefficient (Wildman–Crippen LogP) is 2.88. The fourth-order valence-electron chi connectivity index (χ4n) is 0.816. The lowest BCUT2D eigenvalue weighted by Gasteiger charge is -1.95. The number of benzene rings is 1. The molecule has 48 valence electrons. The van der Waals surface area contributed by atoms with Crippen molar-refractivity contribution in [1.82, 2.24) is 0 Å². The molecule has 0 fully saturated rings. The van der Waals surface area contributed by atoms with Gasteiger partial charge in [0.05, 0.1) is 0 Å². The Morgan fingerprint density at radius 2 is 2.11 bits per heavy atom. The largest absolute Gasteiger partial charge is 0.0985 e. The maximum absolute atomic E-state index is 3.69. The van der Waals surface area contributed by atoms with Crippen molar-refractivity contribution in [2.24, 2.45) is 0 Å². The molecule has 0 heterocycles. The molecule has 0 saturated carbocycles. The molecule has 0 aliphatic rings. The van der Waals surface area contributed by atoms with Crippen LogP contribution in [-0.2, 0) is 0 Å². The molecule has 0 spiro atoms. The Kier molecular flexibility index (Phi) is 1.69. The summed E-state index contributed by atoms with van der Waals surface area (Å²) in [6.07, 6.45) is 1.87. The van der Waals surface area contributed by atoms with E-state index in [1.165, 1.54) is 11.1 Å². The molecule has 9 heavy (non-hydrogen) atoms. The van der Waals surface area contributed by atoms with Gasteiger partial charge in [-0.15, -0.1) is 0 Å². The van der Waals surface area contributed by atoms with E-state index in [0.717, 1.165) is 0 Å². The summed E-state index contributed by atoms with van der Waals surface area (Å²) in [5, 5.41) is 0. The number of aryl methyl sites for hydroxylation is 1. The van der Waals surface area contributed by atoms with Crippen molar-refractivity contribution in [3.8, 4) is 0 Å². The zero-order valence-electron chi connectivity index (χ0n) is 5.59. The first kappa shape index (κ1) is 6.09. The van der Waals surface area contributed by atoms with E-state index in [9.17, 15) is 0 Å². The lowest BCUT2D eigenvalue weighted by molar-refractivity contribution is 1.45. The van der Waals surface area contributed by atoms with E-state index in [-0.39, 0.29) is 1.43 Å². The first-order valence-electron chi connectivity index (χ1n) is 3.02. The van der Waals surface area contributed by atoms with Crippen LogP contribution >= 0.6 is 0 Å². The fraction of sp³-hybridized carbons (Fsp3) is 0.111. The number of rotatable bonds is 1. The van der Waals surface area contributed by atoms with E-state index in [4.69, 9.17) is 0 Å².